The van der Waals surface area contributed by atoms with E-state index in [1.165, 1.54) is 6.07 Å². The van der Waals surface area contributed by atoms with Gasteiger partial charge in [0.15, 0.2) is 0 Å². The molecular formula is C4H2BrNO. The van der Waals surface area contributed by atoms with E-state index in [4.69, 9.17) is 5.26 Å². The average molecular weight is 160 g/mol. The van der Waals surface area contributed by atoms with E-state index < -0.39 is 5.78 Å². The molecule has 0 amide bonds. The van der Waals surface area contributed by atoms with Gasteiger partial charge in [-0.1, -0.05) is 6.58 Å². The van der Waals surface area contributed by atoms with Gasteiger partial charge in [0, 0.05) is 0 Å². The Kier molecular flexibility index (Phi) is 2.31. The molecule has 0 aliphatic carbocycles. The van der Waals surface area contributed by atoms with E-state index in [9.17, 15) is 4.79 Å². The standard InChI is InChI=1S/C4H2BrNO/c1-3(5)4(7)2-6/h1H2. The maximum Gasteiger partial charge on any atom is 0.268 e. The Bertz CT molecular complexity index is 144. The molecule has 0 rings (SSSR count). The van der Waals surface area contributed by atoms with Gasteiger partial charge in [0.1, 0.15) is 6.07 Å². The van der Waals surface area contributed by atoms with Crippen molar-refractivity contribution < 1.29 is 4.79 Å². The van der Waals surface area contributed by atoms with Gasteiger partial charge >= 0.3 is 0 Å². The Balaban J connectivity index is 3.90. The second kappa shape index (κ2) is 2.54. The van der Waals surface area contributed by atoms with E-state index in [0.29, 0.717) is 0 Å². The van der Waals surface area contributed by atoms with Crippen LogP contribution in [0.15, 0.2) is 11.1 Å². The van der Waals surface area contributed by atoms with Crippen molar-refractivity contribution in [1.82, 2.24) is 0 Å². The van der Waals surface area contributed by atoms with Crippen molar-refractivity contribution in [2.24, 2.45) is 0 Å². The third kappa shape index (κ3) is 2.12. The highest BCUT2D eigenvalue weighted by atomic mass is 79.9. The van der Waals surface area contributed by atoms with Crippen LogP contribution in [0.1, 0.15) is 0 Å². The van der Waals surface area contributed by atoms with Crippen molar-refractivity contribution in [3.05, 3.63) is 11.1 Å². The molecule has 0 aromatic heterocycles. The van der Waals surface area contributed by atoms with Crippen molar-refractivity contribution in [1.29, 1.82) is 5.26 Å². The van der Waals surface area contributed by atoms with Crippen molar-refractivity contribution in [3.63, 3.8) is 0 Å². The Labute approximate surface area is 49.6 Å². The number of carbonyl (C=O) groups excluding carboxylic acids is 1. The van der Waals surface area contributed by atoms with Gasteiger partial charge in [0.05, 0.1) is 4.48 Å². The molecule has 0 radical (unpaired) electrons. The molecule has 0 aromatic carbocycles. The number of halogens is 1. The third-order valence-corrected chi connectivity index (χ3v) is 0.708. The number of nitriles is 1. The second-order valence-electron chi connectivity index (χ2n) is 0.846. The number of nitrogens with zero attached hydrogens (tertiary/aromatic N) is 1. The summed E-state index contributed by atoms with van der Waals surface area (Å²) in [6.45, 7) is 3.17. The van der Waals surface area contributed by atoms with E-state index >= 15 is 0 Å². The summed E-state index contributed by atoms with van der Waals surface area (Å²) in [5.74, 6) is -0.625. The van der Waals surface area contributed by atoms with Crippen LogP contribution in [-0.4, -0.2) is 5.78 Å². The highest BCUT2D eigenvalue weighted by Crippen LogP contribution is 1.99. The monoisotopic (exact) mass is 159 g/mol. The van der Waals surface area contributed by atoms with Crippen LogP contribution in [-0.2, 0) is 4.79 Å². The van der Waals surface area contributed by atoms with Crippen LogP contribution in [0, 0.1) is 11.3 Å². The molecule has 7 heavy (non-hydrogen) atoms. The van der Waals surface area contributed by atoms with Crippen molar-refractivity contribution in [2.75, 3.05) is 0 Å². The Morgan fingerprint density at radius 2 is 2.29 bits per heavy atom. The maximum absolute atomic E-state index is 10.0. The molecule has 0 spiro atoms. The molecule has 0 aromatic rings. The van der Waals surface area contributed by atoms with Crippen molar-refractivity contribution >= 4 is 21.7 Å². The van der Waals surface area contributed by atoms with Gasteiger partial charge in [-0.3, -0.25) is 4.79 Å². The largest absolute Gasteiger partial charge is 0.276 e. The molecule has 0 aliphatic rings. The highest BCUT2D eigenvalue weighted by Gasteiger charge is 1.96. The Morgan fingerprint density at radius 3 is 2.29 bits per heavy atom. The first-order chi connectivity index (χ1) is 3.18. The SMILES string of the molecule is C=C(Br)C(=O)C#N. The first kappa shape index (κ1) is 6.38. The van der Waals surface area contributed by atoms with Gasteiger partial charge in [-0.05, 0) is 15.9 Å². The van der Waals surface area contributed by atoms with Crippen LogP contribution in [0.5, 0.6) is 0 Å². The molecule has 0 atom stereocenters. The van der Waals surface area contributed by atoms with Crippen molar-refractivity contribution in [3.8, 4) is 6.07 Å². The van der Waals surface area contributed by atoms with Gasteiger partial charge in [-0.15, -0.1) is 0 Å². The molecular weight excluding hydrogens is 158 g/mol. The number of rotatable bonds is 1. The summed E-state index contributed by atoms with van der Waals surface area (Å²) in [6.07, 6.45) is 0. The zero-order valence-electron chi connectivity index (χ0n) is 3.44. The van der Waals surface area contributed by atoms with Crippen LogP contribution >= 0.6 is 15.9 Å². The number of allylic oxidation sites excluding steroid dienone is 1. The quantitative estimate of drug-likeness (QED) is 0.423. The van der Waals surface area contributed by atoms with Crippen LogP contribution in [0.25, 0.3) is 0 Å². The summed E-state index contributed by atoms with van der Waals surface area (Å²) < 4.78 is 0.106. The lowest BCUT2D eigenvalue weighted by molar-refractivity contribution is -0.110. The van der Waals surface area contributed by atoms with Gasteiger partial charge < -0.3 is 0 Å². The Morgan fingerprint density at radius 1 is 1.86 bits per heavy atom. The number of carbonyl (C=O) groups is 1. The summed E-state index contributed by atoms with van der Waals surface area (Å²) in [5.41, 5.74) is 0. The maximum atomic E-state index is 10.0. The first-order valence-corrected chi connectivity index (χ1v) is 2.26. The van der Waals surface area contributed by atoms with E-state index in [0.717, 1.165) is 0 Å². The lowest BCUT2D eigenvalue weighted by Gasteiger charge is -1.75. The normalized spacial score (nSPS) is 6.86. The summed E-state index contributed by atoms with van der Waals surface area (Å²) >= 11 is 2.73. The average Bonchev–Trinajstić information content (AvgIpc) is 1.65. The minimum Gasteiger partial charge on any atom is -0.276 e. The zero-order valence-corrected chi connectivity index (χ0v) is 5.03. The van der Waals surface area contributed by atoms with E-state index in [2.05, 4.69) is 22.5 Å². The van der Waals surface area contributed by atoms with Crippen LogP contribution in [0.4, 0.5) is 0 Å². The number of hydrogen-bond donors (Lipinski definition) is 0. The molecule has 0 N–H and O–H groups in total. The fourth-order valence-electron chi connectivity index (χ4n) is 0.0607. The third-order valence-electron chi connectivity index (χ3n) is 0.348. The van der Waals surface area contributed by atoms with Gasteiger partial charge in [-0.2, -0.15) is 5.26 Å². The molecule has 0 saturated carbocycles. The van der Waals surface area contributed by atoms with Crippen molar-refractivity contribution in [2.45, 2.75) is 0 Å². The van der Waals surface area contributed by atoms with Crippen LogP contribution in [0.3, 0.4) is 0 Å². The van der Waals surface area contributed by atoms with Crippen LogP contribution in [0.2, 0.25) is 0 Å². The first-order valence-electron chi connectivity index (χ1n) is 1.47. The molecule has 0 bridgehead atoms. The zero-order chi connectivity index (χ0) is 5.86. The van der Waals surface area contributed by atoms with Gasteiger partial charge in [-0.25, -0.2) is 0 Å². The molecule has 0 unspecified atom stereocenters. The number of Topliss-reactive ketones (excluding diaryl/α,β-unsaturated/α-hetero) is 1. The molecule has 2 nitrogen and oxygen atoms in total. The lowest BCUT2D eigenvalue weighted by Crippen LogP contribution is -1.87. The Hall–Kier alpha value is -0.620. The minimum absolute atomic E-state index is 0.106. The van der Waals surface area contributed by atoms with E-state index in [1.807, 2.05) is 0 Å². The second-order valence-corrected chi connectivity index (χ2v) is 1.80. The molecule has 3 heteroatoms. The minimum atomic E-state index is -0.625. The smallest absolute Gasteiger partial charge is 0.268 e. The van der Waals surface area contributed by atoms with Crippen LogP contribution < -0.4 is 0 Å². The highest BCUT2D eigenvalue weighted by molar-refractivity contribution is 9.12. The molecule has 0 fully saturated rings. The summed E-state index contributed by atoms with van der Waals surface area (Å²) in [7, 11) is 0. The predicted octanol–water partition coefficient (Wildman–Crippen LogP) is 0.988. The predicted molar refractivity (Wildman–Crippen MR) is 28.7 cm³/mol. The molecule has 0 saturated heterocycles. The summed E-state index contributed by atoms with van der Waals surface area (Å²) in [6, 6.07) is 1.38. The number of hydrogen-bond acceptors (Lipinski definition) is 2. The van der Waals surface area contributed by atoms with Gasteiger partial charge in [0.2, 0.25) is 0 Å². The van der Waals surface area contributed by atoms with E-state index in [-0.39, 0.29) is 4.48 Å². The summed E-state index contributed by atoms with van der Waals surface area (Å²) in [4.78, 5) is 10.0. The topological polar surface area (TPSA) is 40.9 Å². The molecule has 0 heterocycles. The fourth-order valence-corrected chi connectivity index (χ4v) is 0.149. The summed E-state index contributed by atoms with van der Waals surface area (Å²) in [5, 5.41) is 7.81. The van der Waals surface area contributed by atoms with E-state index in [1.54, 1.807) is 0 Å². The fraction of sp³-hybridized carbons (Fsp3) is 0. The number of ketones is 1. The lowest BCUT2D eigenvalue weighted by atomic mass is 10.4. The van der Waals surface area contributed by atoms with Gasteiger partial charge in [0.25, 0.3) is 5.78 Å². The molecule has 36 valence electrons. The molecule has 0 aliphatic heterocycles.